The van der Waals surface area contributed by atoms with Crippen LogP contribution < -0.4 is 5.32 Å². The lowest BCUT2D eigenvalue weighted by Gasteiger charge is -2.04. The summed E-state index contributed by atoms with van der Waals surface area (Å²) in [7, 11) is 0. The van der Waals surface area contributed by atoms with Crippen LogP contribution in [0.5, 0.6) is 0 Å². The van der Waals surface area contributed by atoms with E-state index in [0.29, 0.717) is 0 Å². The molecule has 0 N–H and O–H groups in total. The van der Waals surface area contributed by atoms with E-state index in [1.807, 2.05) is 0 Å². The Morgan fingerprint density at radius 1 is 0.320 bits per heavy atom. The van der Waals surface area contributed by atoms with Gasteiger partial charge in [-0.25, -0.2) is 5.32 Å². The van der Waals surface area contributed by atoms with Crippen molar-refractivity contribution >= 4 is 0 Å². The minimum absolute atomic E-state index is 1.12. The zero-order chi connectivity index (χ0) is 18.3. The molecule has 0 atom stereocenters. The Morgan fingerprint density at radius 3 is 0.840 bits per heavy atom. The van der Waals surface area contributed by atoms with E-state index in [4.69, 9.17) is 5.32 Å². The van der Waals surface area contributed by atoms with Gasteiger partial charge in [0.15, 0.2) is 0 Å². The lowest BCUT2D eigenvalue weighted by molar-refractivity contribution is 0.521. The third kappa shape index (κ3) is 24.0. The summed E-state index contributed by atoms with van der Waals surface area (Å²) in [5.74, 6) is 0. The maximum Gasteiger partial charge on any atom is 0.0133 e. The molecule has 0 fully saturated rings. The van der Waals surface area contributed by atoms with Crippen LogP contribution in [-0.4, -0.2) is 13.1 Å². The van der Waals surface area contributed by atoms with Crippen molar-refractivity contribution in [1.82, 2.24) is 5.32 Å². The SMILES string of the molecule is CCCCCCCCCCCC[N]CCCCCCCCCCCC. The van der Waals surface area contributed by atoms with Gasteiger partial charge in [0.2, 0.25) is 0 Å². The van der Waals surface area contributed by atoms with Crippen molar-refractivity contribution in [1.29, 1.82) is 0 Å². The summed E-state index contributed by atoms with van der Waals surface area (Å²) >= 11 is 0. The Bertz CT molecular complexity index is 192. The minimum atomic E-state index is 1.12. The summed E-state index contributed by atoms with van der Waals surface area (Å²) in [6.45, 7) is 6.82. The van der Waals surface area contributed by atoms with Gasteiger partial charge in [-0.05, 0) is 12.8 Å². The topological polar surface area (TPSA) is 14.1 Å². The summed E-state index contributed by atoms with van der Waals surface area (Å²) < 4.78 is 0. The van der Waals surface area contributed by atoms with Gasteiger partial charge in [0.05, 0.1) is 0 Å². The van der Waals surface area contributed by atoms with E-state index in [2.05, 4.69) is 13.8 Å². The molecular weight excluding hydrogens is 302 g/mol. The zero-order valence-electron chi connectivity index (χ0n) is 18.0. The molecule has 151 valence electrons. The molecule has 0 aliphatic rings. The first-order valence-electron chi connectivity index (χ1n) is 12.0. The molecule has 0 heterocycles. The van der Waals surface area contributed by atoms with Gasteiger partial charge in [-0.15, -0.1) is 0 Å². The second-order valence-corrected chi connectivity index (χ2v) is 8.03. The number of rotatable bonds is 22. The largest absolute Gasteiger partial charge is 0.242 e. The first-order valence-corrected chi connectivity index (χ1v) is 12.0. The van der Waals surface area contributed by atoms with E-state index in [9.17, 15) is 0 Å². The molecule has 0 saturated heterocycles. The first kappa shape index (κ1) is 25.0. The van der Waals surface area contributed by atoms with Crippen molar-refractivity contribution in [3.05, 3.63) is 0 Å². The third-order valence-corrected chi connectivity index (χ3v) is 5.34. The predicted molar refractivity (Wildman–Crippen MR) is 116 cm³/mol. The van der Waals surface area contributed by atoms with Crippen LogP contribution in [-0.2, 0) is 0 Å². The fourth-order valence-electron chi connectivity index (χ4n) is 3.53. The summed E-state index contributed by atoms with van der Waals surface area (Å²) in [4.78, 5) is 0. The van der Waals surface area contributed by atoms with E-state index >= 15 is 0 Å². The van der Waals surface area contributed by atoms with Crippen LogP contribution in [0.2, 0.25) is 0 Å². The molecule has 0 aromatic heterocycles. The van der Waals surface area contributed by atoms with Crippen molar-refractivity contribution in [2.24, 2.45) is 0 Å². The van der Waals surface area contributed by atoms with Crippen LogP contribution in [0, 0.1) is 0 Å². The molecule has 0 amide bonds. The number of hydrogen-bond acceptors (Lipinski definition) is 0. The normalized spacial score (nSPS) is 11.3. The molecule has 0 unspecified atom stereocenters. The highest BCUT2D eigenvalue weighted by atomic mass is 14.8. The van der Waals surface area contributed by atoms with Gasteiger partial charge < -0.3 is 0 Å². The number of unbranched alkanes of at least 4 members (excludes halogenated alkanes) is 18. The molecule has 1 radical (unpaired) electrons. The predicted octanol–water partition coefficient (Wildman–Crippen LogP) is 8.43. The van der Waals surface area contributed by atoms with Crippen LogP contribution in [0.3, 0.4) is 0 Å². The Balaban J connectivity index is 2.94. The summed E-state index contributed by atoms with van der Waals surface area (Å²) in [5, 5.41) is 4.71. The van der Waals surface area contributed by atoms with Gasteiger partial charge in [-0.2, -0.15) is 0 Å². The average molecular weight is 353 g/mol. The fraction of sp³-hybridized carbons (Fsp3) is 1.00. The molecular formula is C24H50N. The second-order valence-electron chi connectivity index (χ2n) is 8.03. The van der Waals surface area contributed by atoms with Gasteiger partial charge in [0, 0.05) is 13.1 Å². The lowest BCUT2D eigenvalue weighted by atomic mass is 10.1. The van der Waals surface area contributed by atoms with Crippen LogP contribution >= 0.6 is 0 Å². The molecule has 0 aliphatic carbocycles. The van der Waals surface area contributed by atoms with Gasteiger partial charge >= 0.3 is 0 Å². The Hall–Kier alpha value is -0.0400. The quantitative estimate of drug-likeness (QED) is 0.174. The van der Waals surface area contributed by atoms with E-state index in [1.165, 1.54) is 128 Å². The van der Waals surface area contributed by atoms with Crippen LogP contribution in [0.4, 0.5) is 0 Å². The lowest BCUT2D eigenvalue weighted by Crippen LogP contribution is -2.08. The molecule has 0 saturated carbocycles. The zero-order valence-corrected chi connectivity index (χ0v) is 18.0. The smallest absolute Gasteiger partial charge is 0.0133 e. The van der Waals surface area contributed by atoms with E-state index in [0.717, 1.165) is 13.1 Å². The van der Waals surface area contributed by atoms with Gasteiger partial charge in [-0.3, -0.25) is 0 Å². The molecule has 0 spiro atoms. The van der Waals surface area contributed by atoms with Gasteiger partial charge in [-0.1, -0.05) is 129 Å². The summed E-state index contributed by atoms with van der Waals surface area (Å²) in [6.07, 6.45) is 28.5. The Labute approximate surface area is 161 Å². The van der Waals surface area contributed by atoms with Crippen molar-refractivity contribution < 1.29 is 0 Å². The van der Waals surface area contributed by atoms with Crippen molar-refractivity contribution in [3.63, 3.8) is 0 Å². The molecule has 1 nitrogen and oxygen atoms in total. The monoisotopic (exact) mass is 352 g/mol. The van der Waals surface area contributed by atoms with E-state index in [-0.39, 0.29) is 0 Å². The molecule has 0 rings (SSSR count). The van der Waals surface area contributed by atoms with Crippen molar-refractivity contribution in [2.45, 2.75) is 142 Å². The van der Waals surface area contributed by atoms with Gasteiger partial charge in [0.25, 0.3) is 0 Å². The molecule has 0 aromatic carbocycles. The standard InChI is InChI=1S/C24H50N/c1-3-5-7-9-11-13-15-17-19-21-23-25-24-22-20-18-16-14-12-10-8-6-4-2/h3-24H2,1-2H3. The maximum absolute atomic E-state index is 4.71. The average Bonchev–Trinajstić information content (AvgIpc) is 2.63. The van der Waals surface area contributed by atoms with Crippen molar-refractivity contribution in [2.75, 3.05) is 13.1 Å². The van der Waals surface area contributed by atoms with E-state index < -0.39 is 0 Å². The first-order chi connectivity index (χ1) is 12.4. The maximum atomic E-state index is 4.71. The molecule has 25 heavy (non-hydrogen) atoms. The molecule has 1 heteroatoms. The van der Waals surface area contributed by atoms with Crippen LogP contribution in [0.25, 0.3) is 0 Å². The second kappa shape index (κ2) is 24.0. The fourth-order valence-corrected chi connectivity index (χ4v) is 3.53. The van der Waals surface area contributed by atoms with Crippen LogP contribution in [0.1, 0.15) is 142 Å². The highest BCUT2D eigenvalue weighted by Crippen LogP contribution is 2.11. The molecule has 0 aliphatic heterocycles. The number of hydrogen-bond donors (Lipinski definition) is 0. The highest BCUT2D eigenvalue weighted by Gasteiger charge is 1.95. The Morgan fingerprint density at radius 2 is 0.560 bits per heavy atom. The molecule has 0 aromatic rings. The third-order valence-electron chi connectivity index (χ3n) is 5.34. The summed E-state index contributed by atoms with van der Waals surface area (Å²) in [6, 6.07) is 0. The van der Waals surface area contributed by atoms with Crippen molar-refractivity contribution in [3.8, 4) is 0 Å². The van der Waals surface area contributed by atoms with Gasteiger partial charge in [0.1, 0.15) is 0 Å². The summed E-state index contributed by atoms with van der Waals surface area (Å²) in [5.41, 5.74) is 0. The molecule has 0 bridgehead atoms. The van der Waals surface area contributed by atoms with Crippen LogP contribution in [0.15, 0.2) is 0 Å². The van der Waals surface area contributed by atoms with E-state index in [1.54, 1.807) is 0 Å². The number of nitrogens with zero attached hydrogens (tertiary/aromatic N) is 1. The Kier molecular flexibility index (Phi) is 23.9. The highest BCUT2D eigenvalue weighted by molar-refractivity contribution is 4.52. The minimum Gasteiger partial charge on any atom is -0.242 e.